The van der Waals surface area contributed by atoms with Gasteiger partial charge in [0.05, 0.1) is 5.69 Å². The van der Waals surface area contributed by atoms with Gasteiger partial charge in [-0.2, -0.15) is 15.2 Å². The lowest BCUT2D eigenvalue weighted by molar-refractivity contribution is 0.397. The molecule has 2 aromatic carbocycles. The highest BCUT2D eigenvalue weighted by Crippen LogP contribution is 2.30. The number of aromatic hydroxyl groups is 2. The average molecular weight is 305 g/mol. The number of hydrogen-bond donors (Lipinski definition) is 2. The van der Waals surface area contributed by atoms with E-state index >= 15 is 0 Å². The molecule has 3 rings (SSSR count). The molecular weight excluding hydrogens is 294 g/mol. The molecule has 0 aliphatic carbocycles. The van der Waals surface area contributed by atoms with Gasteiger partial charge in [-0.1, -0.05) is 18.2 Å². The maximum atomic E-state index is 9.62. The second-order valence-electron chi connectivity index (χ2n) is 4.62. The van der Waals surface area contributed by atoms with Gasteiger partial charge in [0.2, 0.25) is 5.88 Å². The lowest BCUT2D eigenvalue weighted by atomic mass is 10.1. The zero-order valence-electron chi connectivity index (χ0n) is 11.8. The summed E-state index contributed by atoms with van der Waals surface area (Å²) in [6.07, 6.45) is 0. The van der Waals surface area contributed by atoms with Crippen LogP contribution in [0.5, 0.6) is 23.4 Å². The zero-order valence-corrected chi connectivity index (χ0v) is 11.8. The zero-order chi connectivity index (χ0) is 16.2. The van der Waals surface area contributed by atoms with E-state index in [9.17, 15) is 10.2 Å². The molecular formula is C17H11N3O3. The SMILES string of the molecule is N#Cc1c(O)nc(O)nc1-c1ccc(Oc2ccccc2)cc1. The number of nitrogens with zero attached hydrogens (tertiary/aromatic N) is 3. The molecule has 1 heterocycles. The molecule has 0 spiro atoms. The van der Waals surface area contributed by atoms with E-state index < -0.39 is 11.9 Å². The van der Waals surface area contributed by atoms with Crippen LogP contribution < -0.4 is 4.74 Å². The molecule has 0 bridgehead atoms. The summed E-state index contributed by atoms with van der Waals surface area (Å²) in [7, 11) is 0. The van der Waals surface area contributed by atoms with Crippen molar-refractivity contribution >= 4 is 0 Å². The van der Waals surface area contributed by atoms with Gasteiger partial charge in [-0.15, -0.1) is 0 Å². The quantitative estimate of drug-likeness (QED) is 0.770. The van der Waals surface area contributed by atoms with Crippen LogP contribution in [-0.2, 0) is 0 Å². The molecule has 0 unspecified atom stereocenters. The van der Waals surface area contributed by atoms with Crippen LogP contribution in [0, 0.1) is 11.3 Å². The Balaban J connectivity index is 1.93. The number of para-hydroxylation sites is 1. The fraction of sp³-hybridized carbons (Fsp3) is 0. The monoisotopic (exact) mass is 305 g/mol. The molecule has 6 heteroatoms. The Morgan fingerprint density at radius 1 is 0.870 bits per heavy atom. The predicted molar refractivity (Wildman–Crippen MR) is 82.0 cm³/mol. The van der Waals surface area contributed by atoms with Crippen LogP contribution in [0.25, 0.3) is 11.3 Å². The number of rotatable bonds is 3. The molecule has 0 fully saturated rings. The van der Waals surface area contributed by atoms with Gasteiger partial charge in [0.1, 0.15) is 23.1 Å². The molecule has 0 saturated carbocycles. The molecule has 2 N–H and O–H groups in total. The summed E-state index contributed by atoms with van der Waals surface area (Å²) in [6.45, 7) is 0. The Bertz CT molecular complexity index is 872. The lowest BCUT2D eigenvalue weighted by Crippen LogP contribution is -1.93. The van der Waals surface area contributed by atoms with Gasteiger partial charge in [-0.3, -0.25) is 0 Å². The van der Waals surface area contributed by atoms with Crippen molar-refractivity contribution in [1.82, 2.24) is 9.97 Å². The van der Waals surface area contributed by atoms with E-state index in [2.05, 4.69) is 9.97 Å². The Morgan fingerprint density at radius 3 is 2.17 bits per heavy atom. The topological polar surface area (TPSA) is 99.3 Å². The van der Waals surface area contributed by atoms with Crippen molar-refractivity contribution in [3.8, 4) is 40.7 Å². The van der Waals surface area contributed by atoms with Crippen LogP contribution in [0.3, 0.4) is 0 Å². The van der Waals surface area contributed by atoms with E-state index in [1.807, 2.05) is 36.4 Å². The van der Waals surface area contributed by atoms with Crippen LogP contribution in [-0.4, -0.2) is 20.2 Å². The van der Waals surface area contributed by atoms with E-state index in [1.165, 1.54) is 0 Å². The van der Waals surface area contributed by atoms with Crippen molar-refractivity contribution in [2.75, 3.05) is 0 Å². The van der Waals surface area contributed by atoms with Gasteiger partial charge in [-0.25, -0.2) is 0 Å². The van der Waals surface area contributed by atoms with Gasteiger partial charge in [0, 0.05) is 5.56 Å². The van der Waals surface area contributed by atoms with Crippen molar-refractivity contribution in [2.45, 2.75) is 0 Å². The van der Waals surface area contributed by atoms with Gasteiger partial charge < -0.3 is 14.9 Å². The number of hydrogen-bond acceptors (Lipinski definition) is 6. The van der Waals surface area contributed by atoms with E-state index in [0.29, 0.717) is 17.1 Å². The fourth-order valence-corrected chi connectivity index (χ4v) is 2.05. The highest BCUT2D eigenvalue weighted by Gasteiger charge is 2.15. The number of benzene rings is 2. The summed E-state index contributed by atoms with van der Waals surface area (Å²) >= 11 is 0. The minimum absolute atomic E-state index is 0.0977. The van der Waals surface area contributed by atoms with Crippen LogP contribution >= 0.6 is 0 Å². The molecule has 0 saturated heterocycles. The van der Waals surface area contributed by atoms with Crippen molar-refractivity contribution in [2.24, 2.45) is 0 Å². The van der Waals surface area contributed by atoms with Crippen LogP contribution in [0.15, 0.2) is 54.6 Å². The minimum Gasteiger partial charge on any atom is -0.492 e. The lowest BCUT2D eigenvalue weighted by Gasteiger charge is -2.08. The normalized spacial score (nSPS) is 10.0. The average Bonchev–Trinajstić information content (AvgIpc) is 2.56. The summed E-state index contributed by atoms with van der Waals surface area (Å²) in [5, 5.41) is 28.1. The fourth-order valence-electron chi connectivity index (χ4n) is 2.05. The van der Waals surface area contributed by atoms with E-state index in [-0.39, 0.29) is 11.3 Å². The van der Waals surface area contributed by atoms with Gasteiger partial charge in [-0.05, 0) is 36.4 Å². The van der Waals surface area contributed by atoms with Crippen LogP contribution in [0.2, 0.25) is 0 Å². The summed E-state index contributed by atoms with van der Waals surface area (Å²) in [5.41, 5.74) is 0.609. The summed E-state index contributed by atoms with van der Waals surface area (Å²) < 4.78 is 5.68. The van der Waals surface area contributed by atoms with Crippen molar-refractivity contribution in [3.63, 3.8) is 0 Å². The second kappa shape index (κ2) is 6.03. The highest BCUT2D eigenvalue weighted by molar-refractivity contribution is 5.69. The smallest absolute Gasteiger partial charge is 0.317 e. The van der Waals surface area contributed by atoms with Crippen molar-refractivity contribution in [3.05, 3.63) is 60.2 Å². The number of ether oxygens (including phenoxy) is 1. The molecule has 6 nitrogen and oxygen atoms in total. The first kappa shape index (κ1) is 14.4. The van der Waals surface area contributed by atoms with Crippen molar-refractivity contribution in [1.29, 1.82) is 5.26 Å². The van der Waals surface area contributed by atoms with Crippen LogP contribution in [0.1, 0.15) is 5.56 Å². The third-order valence-electron chi connectivity index (χ3n) is 3.10. The second-order valence-corrected chi connectivity index (χ2v) is 4.62. The van der Waals surface area contributed by atoms with Gasteiger partial charge in [0.25, 0.3) is 0 Å². The van der Waals surface area contributed by atoms with Gasteiger partial charge in [0.15, 0.2) is 0 Å². The Kier molecular flexibility index (Phi) is 3.77. The van der Waals surface area contributed by atoms with E-state index in [1.54, 1.807) is 24.3 Å². The van der Waals surface area contributed by atoms with Crippen LogP contribution in [0.4, 0.5) is 0 Å². The molecule has 0 aliphatic heterocycles. The third kappa shape index (κ3) is 3.04. The summed E-state index contributed by atoms with van der Waals surface area (Å²) in [5.74, 6) is 0.760. The molecule has 3 aromatic rings. The third-order valence-corrected chi connectivity index (χ3v) is 3.10. The molecule has 23 heavy (non-hydrogen) atoms. The van der Waals surface area contributed by atoms with Crippen molar-refractivity contribution < 1.29 is 14.9 Å². The predicted octanol–water partition coefficient (Wildman–Crippen LogP) is 3.22. The first-order chi connectivity index (χ1) is 11.2. The first-order valence-corrected chi connectivity index (χ1v) is 6.71. The molecule has 0 aliphatic rings. The molecule has 0 radical (unpaired) electrons. The molecule has 0 atom stereocenters. The Morgan fingerprint density at radius 2 is 1.52 bits per heavy atom. The highest BCUT2D eigenvalue weighted by atomic mass is 16.5. The summed E-state index contributed by atoms with van der Waals surface area (Å²) in [4.78, 5) is 7.17. The standard InChI is InChI=1S/C17H11N3O3/c18-10-14-15(19-17(22)20-16(14)21)11-6-8-13(9-7-11)23-12-4-2-1-3-5-12/h1-9H,(H2,19,20,21,22). The molecule has 112 valence electrons. The Hall–Kier alpha value is -3.59. The summed E-state index contributed by atoms with van der Waals surface area (Å²) in [6, 6.07) is 17.3. The Labute approximate surface area is 131 Å². The minimum atomic E-state index is -0.596. The number of aromatic nitrogens is 2. The number of nitriles is 1. The maximum Gasteiger partial charge on any atom is 0.317 e. The van der Waals surface area contributed by atoms with E-state index in [4.69, 9.17) is 10.00 Å². The molecule has 0 amide bonds. The van der Waals surface area contributed by atoms with E-state index in [0.717, 1.165) is 0 Å². The van der Waals surface area contributed by atoms with Gasteiger partial charge >= 0.3 is 6.01 Å². The largest absolute Gasteiger partial charge is 0.492 e. The maximum absolute atomic E-state index is 9.62. The molecule has 1 aromatic heterocycles. The first-order valence-electron chi connectivity index (χ1n) is 6.71.